The SMILES string of the molecule is COc1cccc(NC(C(=O)O)c2ccsc2)c1. The molecule has 0 saturated heterocycles. The third kappa shape index (κ3) is 2.81. The van der Waals surface area contributed by atoms with E-state index < -0.39 is 12.0 Å². The quantitative estimate of drug-likeness (QED) is 0.870. The van der Waals surface area contributed by atoms with Crippen LogP contribution < -0.4 is 10.1 Å². The summed E-state index contributed by atoms with van der Waals surface area (Å²) in [6, 6.07) is 8.26. The number of nitrogens with one attached hydrogen (secondary N) is 1. The maximum atomic E-state index is 11.3. The maximum absolute atomic E-state index is 11.3. The molecule has 0 saturated carbocycles. The van der Waals surface area contributed by atoms with E-state index in [1.54, 1.807) is 19.2 Å². The predicted molar refractivity (Wildman–Crippen MR) is 71.3 cm³/mol. The summed E-state index contributed by atoms with van der Waals surface area (Å²) in [5.74, 6) is -0.217. The summed E-state index contributed by atoms with van der Waals surface area (Å²) >= 11 is 1.48. The van der Waals surface area contributed by atoms with Gasteiger partial charge in [-0.3, -0.25) is 0 Å². The average Bonchev–Trinajstić information content (AvgIpc) is 2.89. The number of benzene rings is 1. The van der Waals surface area contributed by atoms with Gasteiger partial charge in [-0.2, -0.15) is 11.3 Å². The van der Waals surface area contributed by atoms with E-state index in [0.29, 0.717) is 11.4 Å². The highest BCUT2D eigenvalue weighted by Gasteiger charge is 2.19. The van der Waals surface area contributed by atoms with E-state index in [1.807, 2.05) is 29.0 Å². The van der Waals surface area contributed by atoms with Crippen LogP contribution >= 0.6 is 11.3 Å². The number of carbonyl (C=O) groups is 1. The summed E-state index contributed by atoms with van der Waals surface area (Å²) in [6.45, 7) is 0. The molecule has 4 nitrogen and oxygen atoms in total. The van der Waals surface area contributed by atoms with Crippen LogP contribution in [0.3, 0.4) is 0 Å². The molecule has 1 aromatic carbocycles. The highest BCUT2D eigenvalue weighted by atomic mass is 32.1. The molecule has 0 aliphatic heterocycles. The van der Waals surface area contributed by atoms with Crippen molar-refractivity contribution < 1.29 is 14.6 Å². The first-order valence-corrected chi connectivity index (χ1v) is 6.30. The molecule has 1 atom stereocenters. The summed E-state index contributed by atoms with van der Waals surface area (Å²) in [5, 5.41) is 15.9. The van der Waals surface area contributed by atoms with Gasteiger partial charge in [0.1, 0.15) is 5.75 Å². The van der Waals surface area contributed by atoms with Gasteiger partial charge in [0.15, 0.2) is 6.04 Å². The van der Waals surface area contributed by atoms with Crippen LogP contribution in [0.15, 0.2) is 41.1 Å². The van der Waals surface area contributed by atoms with Crippen LogP contribution in [-0.4, -0.2) is 18.2 Å². The van der Waals surface area contributed by atoms with Crippen LogP contribution in [0.5, 0.6) is 5.75 Å². The fraction of sp³-hybridized carbons (Fsp3) is 0.154. The van der Waals surface area contributed by atoms with Gasteiger partial charge in [0, 0.05) is 11.8 Å². The summed E-state index contributed by atoms with van der Waals surface area (Å²) in [6.07, 6.45) is 0. The number of ether oxygens (including phenoxy) is 1. The number of rotatable bonds is 5. The Morgan fingerprint density at radius 1 is 1.44 bits per heavy atom. The summed E-state index contributed by atoms with van der Waals surface area (Å²) in [7, 11) is 1.58. The number of thiophene rings is 1. The van der Waals surface area contributed by atoms with Gasteiger partial charge in [-0.25, -0.2) is 4.79 Å². The van der Waals surface area contributed by atoms with Crippen LogP contribution in [0, 0.1) is 0 Å². The van der Waals surface area contributed by atoms with Crippen molar-refractivity contribution in [1.29, 1.82) is 0 Å². The van der Waals surface area contributed by atoms with Crippen molar-refractivity contribution in [3.8, 4) is 5.75 Å². The highest BCUT2D eigenvalue weighted by molar-refractivity contribution is 7.08. The van der Waals surface area contributed by atoms with Crippen LogP contribution in [0.1, 0.15) is 11.6 Å². The minimum atomic E-state index is -0.906. The van der Waals surface area contributed by atoms with Gasteiger partial charge in [0.05, 0.1) is 7.11 Å². The van der Waals surface area contributed by atoms with Crippen molar-refractivity contribution in [3.63, 3.8) is 0 Å². The van der Waals surface area contributed by atoms with Gasteiger partial charge >= 0.3 is 5.97 Å². The molecule has 0 fully saturated rings. The Morgan fingerprint density at radius 3 is 2.89 bits per heavy atom. The molecule has 0 aliphatic rings. The summed E-state index contributed by atoms with van der Waals surface area (Å²) < 4.78 is 5.10. The Balaban J connectivity index is 2.21. The predicted octanol–water partition coefficient (Wildman–Crippen LogP) is 2.99. The number of methoxy groups -OCH3 is 1. The van der Waals surface area contributed by atoms with Crippen LogP contribution in [0.25, 0.3) is 0 Å². The molecule has 0 amide bonds. The summed E-state index contributed by atoms with van der Waals surface area (Å²) in [4.78, 5) is 11.3. The molecular formula is C13H13NO3S. The first kappa shape index (κ1) is 12.4. The molecule has 2 rings (SSSR count). The van der Waals surface area contributed by atoms with Crippen molar-refractivity contribution in [2.75, 3.05) is 12.4 Å². The van der Waals surface area contributed by atoms with E-state index in [-0.39, 0.29) is 0 Å². The minimum absolute atomic E-state index is 0.689. The van der Waals surface area contributed by atoms with Crippen LogP contribution in [-0.2, 0) is 4.79 Å². The zero-order valence-corrected chi connectivity index (χ0v) is 10.6. The van der Waals surface area contributed by atoms with Gasteiger partial charge in [-0.05, 0) is 34.5 Å². The average molecular weight is 263 g/mol. The second kappa shape index (κ2) is 5.55. The monoisotopic (exact) mass is 263 g/mol. The molecule has 1 aromatic heterocycles. The van der Waals surface area contributed by atoms with Gasteiger partial charge in [0.2, 0.25) is 0 Å². The first-order valence-electron chi connectivity index (χ1n) is 5.36. The third-order valence-electron chi connectivity index (χ3n) is 2.50. The number of carboxylic acid groups (broad SMARTS) is 1. The third-order valence-corrected chi connectivity index (χ3v) is 3.21. The topological polar surface area (TPSA) is 58.6 Å². The van der Waals surface area contributed by atoms with Gasteiger partial charge in [0.25, 0.3) is 0 Å². The standard InChI is InChI=1S/C13H13NO3S/c1-17-11-4-2-3-10(7-11)14-12(13(15)16)9-5-6-18-8-9/h2-8,12,14H,1H3,(H,15,16). The number of anilines is 1. The fourth-order valence-electron chi connectivity index (χ4n) is 1.61. The number of hydrogen-bond donors (Lipinski definition) is 2. The van der Waals surface area contributed by atoms with Crippen LogP contribution in [0.2, 0.25) is 0 Å². The van der Waals surface area contributed by atoms with Crippen molar-refractivity contribution >= 4 is 23.0 Å². The van der Waals surface area contributed by atoms with Gasteiger partial charge in [-0.15, -0.1) is 0 Å². The van der Waals surface area contributed by atoms with Gasteiger partial charge in [-0.1, -0.05) is 6.07 Å². The van der Waals surface area contributed by atoms with E-state index in [1.165, 1.54) is 11.3 Å². The first-order chi connectivity index (χ1) is 8.70. The van der Waals surface area contributed by atoms with E-state index >= 15 is 0 Å². The normalized spacial score (nSPS) is 11.8. The smallest absolute Gasteiger partial charge is 0.330 e. The molecule has 1 heterocycles. The molecule has 2 aromatic rings. The highest BCUT2D eigenvalue weighted by Crippen LogP contribution is 2.24. The number of hydrogen-bond acceptors (Lipinski definition) is 4. The number of carboxylic acids is 1. The maximum Gasteiger partial charge on any atom is 0.330 e. The number of aliphatic carboxylic acids is 1. The Hall–Kier alpha value is -2.01. The summed E-state index contributed by atoms with van der Waals surface area (Å²) in [5.41, 5.74) is 1.46. The molecule has 0 spiro atoms. The minimum Gasteiger partial charge on any atom is -0.497 e. The van der Waals surface area contributed by atoms with E-state index in [9.17, 15) is 9.90 Å². The fourth-order valence-corrected chi connectivity index (χ4v) is 2.29. The lowest BCUT2D eigenvalue weighted by atomic mass is 10.1. The molecule has 1 unspecified atom stereocenters. The van der Waals surface area contributed by atoms with Crippen molar-refractivity contribution in [3.05, 3.63) is 46.7 Å². The largest absolute Gasteiger partial charge is 0.497 e. The second-order valence-electron chi connectivity index (χ2n) is 3.70. The van der Waals surface area contributed by atoms with Crippen LogP contribution in [0.4, 0.5) is 5.69 Å². The molecular weight excluding hydrogens is 250 g/mol. The van der Waals surface area contributed by atoms with Crippen molar-refractivity contribution in [1.82, 2.24) is 0 Å². The molecule has 18 heavy (non-hydrogen) atoms. The molecule has 5 heteroatoms. The molecule has 0 aliphatic carbocycles. The Labute approximate surface area is 109 Å². The van der Waals surface area contributed by atoms with E-state index in [2.05, 4.69) is 5.32 Å². The molecule has 2 N–H and O–H groups in total. The Kier molecular flexibility index (Phi) is 3.84. The zero-order valence-electron chi connectivity index (χ0n) is 9.79. The van der Waals surface area contributed by atoms with Crippen molar-refractivity contribution in [2.45, 2.75) is 6.04 Å². The molecule has 0 radical (unpaired) electrons. The van der Waals surface area contributed by atoms with E-state index in [4.69, 9.17) is 4.74 Å². The van der Waals surface area contributed by atoms with Crippen molar-refractivity contribution in [2.24, 2.45) is 0 Å². The lowest BCUT2D eigenvalue weighted by Gasteiger charge is -2.15. The van der Waals surface area contributed by atoms with Gasteiger partial charge < -0.3 is 15.2 Å². The Morgan fingerprint density at radius 2 is 2.28 bits per heavy atom. The second-order valence-corrected chi connectivity index (χ2v) is 4.48. The zero-order chi connectivity index (χ0) is 13.0. The lowest BCUT2D eigenvalue weighted by molar-refractivity contribution is -0.138. The molecule has 0 bridgehead atoms. The Bertz CT molecular complexity index is 525. The lowest BCUT2D eigenvalue weighted by Crippen LogP contribution is -2.19. The molecule has 94 valence electrons. The van der Waals surface area contributed by atoms with E-state index in [0.717, 1.165) is 5.56 Å².